The van der Waals surface area contributed by atoms with Crippen molar-refractivity contribution in [1.29, 1.82) is 0 Å². The Hall–Kier alpha value is -1.10. The molecule has 21 heavy (non-hydrogen) atoms. The topological polar surface area (TPSA) is 69.6 Å². The van der Waals surface area contributed by atoms with Crippen molar-refractivity contribution in [2.75, 3.05) is 26.2 Å². The molecule has 5 heteroatoms. The number of likely N-dealkylation sites (tertiary alicyclic amines) is 1. The highest BCUT2D eigenvalue weighted by Crippen LogP contribution is 2.23. The minimum absolute atomic E-state index is 0.257. The zero-order valence-corrected chi connectivity index (χ0v) is 12.9. The Morgan fingerprint density at radius 2 is 1.76 bits per heavy atom. The Balaban J connectivity index is 1.62. The van der Waals surface area contributed by atoms with Gasteiger partial charge in [-0.05, 0) is 63.5 Å². The minimum Gasteiger partial charge on any atom is -0.481 e. The predicted octanol–water partition coefficient (Wildman–Crippen LogP) is 1.87. The van der Waals surface area contributed by atoms with Gasteiger partial charge in [-0.2, -0.15) is 0 Å². The van der Waals surface area contributed by atoms with Crippen molar-refractivity contribution in [3.05, 3.63) is 0 Å². The molecule has 1 amide bonds. The zero-order chi connectivity index (χ0) is 15.1. The summed E-state index contributed by atoms with van der Waals surface area (Å²) in [5.41, 5.74) is 0. The van der Waals surface area contributed by atoms with E-state index >= 15 is 0 Å². The van der Waals surface area contributed by atoms with E-state index in [0.29, 0.717) is 18.3 Å². The molecule has 0 spiro atoms. The molecule has 0 aliphatic carbocycles. The first-order valence-electron chi connectivity index (χ1n) is 8.35. The normalized spacial score (nSPS) is 24.0. The summed E-state index contributed by atoms with van der Waals surface area (Å²) in [6, 6.07) is 0. The highest BCUT2D eigenvalue weighted by atomic mass is 16.4. The lowest BCUT2D eigenvalue weighted by Gasteiger charge is -2.32. The Morgan fingerprint density at radius 3 is 2.38 bits per heavy atom. The number of carboxylic acids is 1. The van der Waals surface area contributed by atoms with Crippen molar-refractivity contribution in [3.8, 4) is 0 Å². The molecule has 0 aromatic heterocycles. The van der Waals surface area contributed by atoms with E-state index in [1.807, 2.05) is 4.90 Å². The summed E-state index contributed by atoms with van der Waals surface area (Å²) in [6.07, 6.45) is 7.09. The summed E-state index contributed by atoms with van der Waals surface area (Å²) in [4.78, 5) is 24.8. The van der Waals surface area contributed by atoms with Crippen molar-refractivity contribution < 1.29 is 14.7 Å². The maximum Gasteiger partial charge on any atom is 0.303 e. The lowest BCUT2D eigenvalue weighted by molar-refractivity contribution is -0.138. The van der Waals surface area contributed by atoms with Gasteiger partial charge in [0.1, 0.15) is 0 Å². The number of carboxylic acid groups (broad SMARTS) is 1. The molecular weight excluding hydrogens is 268 g/mol. The van der Waals surface area contributed by atoms with Crippen LogP contribution in [-0.2, 0) is 9.59 Å². The van der Waals surface area contributed by atoms with Crippen LogP contribution in [0.5, 0.6) is 0 Å². The van der Waals surface area contributed by atoms with Gasteiger partial charge in [0.15, 0.2) is 0 Å². The fourth-order valence-electron chi connectivity index (χ4n) is 3.45. The molecule has 2 N–H and O–H groups in total. The standard InChI is InChI=1S/C16H28N2O3/c19-15(5-3-14-2-1-9-17-12-14)18-10-7-13(8-11-18)4-6-16(20)21/h13-14,17H,1-12H2,(H,20,21). The van der Waals surface area contributed by atoms with Crippen LogP contribution in [0.2, 0.25) is 0 Å². The van der Waals surface area contributed by atoms with Crippen molar-refractivity contribution in [3.63, 3.8) is 0 Å². The van der Waals surface area contributed by atoms with Crippen molar-refractivity contribution in [2.45, 2.75) is 51.4 Å². The number of hydrogen-bond donors (Lipinski definition) is 2. The van der Waals surface area contributed by atoms with Crippen LogP contribution in [0.1, 0.15) is 51.4 Å². The van der Waals surface area contributed by atoms with Gasteiger partial charge in [-0.3, -0.25) is 9.59 Å². The Morgan fingerprint density at radius 1 is 1.05 bits per heavy atom. The van der Waals surface area contributed by atoms with Crippen LogP contribution in [0, 0.1) is 11.8 Å². The lowest BCUT2D eigenvalue weighted by atomic mass is 9.91. The largest absolute Gasteiger partial charge is 0.481 e. The van der Waals surface area contributed by atoms with Gasteiger partial charge < -0.3 is 15.3 Å². The summed E-state index contributed by atoms with van der Waals surface area (Å²) < 4.78 is 0. The van der Waals surface area contributed by atoms with Crippen LogP contribution in [-0.4, -0.2) is 48.1 Å². The van der Waals surface area contributed by atoms with Gasteiger partial charge in [0.05, 0.1) is 0 Å². The second-order valence-electron chi connectivity index (χ2n) is 6.51. The molecule has 0 bridgehead atoms. The summed E-state index contributed by atoms with van der Waals surface area (Å²) in [5.74, 6) is 0.718. The number of rotatable bonds is 6. The molecule has 2 rings (SSSR count). The molecule has 2 saturated heterocycles. The predicted molar refractivity (Wildman–Crippen MR) is 81.0 cm³/mol. The van der Waals surface area contributed by atoms with E-state index in [-0.39, 0.29) is 12.3 Å². The second kappa shape index (κ2) is 8.37. The van der Waals surface area contributed by atoms with Crippen LogP contribution in [0.4, 0.5) is 0 Å². The fraction of sp³-hybridized carbons (Fsp3) is 0.875. The smallest absolute Gasteiger partial charge is 0.303 e. The lowest BCUT2D eigenvalue weighted by Crippen LogP contribution is -2.39. The quantitative estimate of drug-likeness (QED) is 0.785. The zero-order valence-electron chi connectivity index (χ0n) is 12.9. The monoisotopic (exact) mass is 296 g/mol. The first-order valence-corrected chi connectivity index (χ1v) is 8.35. The van der Waals surface area contributed by atoms with E-state index in [1.165, 1.54) is 12.8 Å². The minimum atomic E-state index is -0.713. The first kappa shape index (κ1) is 16.3. The Bertz CT molecular complexity index is 345. The molecule has 0 radical (unpaired) electrons. The van der Waals surface area contributed by atoms with E-state index in [2.05, 4.69) is 5.32 Å². The van der Waals surface area contributed by atoms with Gasteiger partial charge in [0.25, 0.3) is 0 Å². The van der Waals surface area contributed by atoms with Crippen molar-refractivity contribution in [1.82, 2.24) is 10.2 Å². The third-order valence-electron chi connectivity index (χ3n) is 4.90. The molecule has 0 saturated carbocycles. The third-order valence-corrected chi connectivity index (χ3v) is 4.90. The number of nitrogens with zero attached hydrogens (tertiary/aromatic N) is 1. The van der Waals surface area contributed by atoms with Crippen molar-refractivity contribution >= 4 is 11.9 Å². The molecule has 120 valence electrons. The molecule has 0 aromatic carbocycles. The van der Waals surface area contributed by atoms with E-state index in [0.717, 1.165) is 51.9 Å². The number of carbonyl (C=O) groups is 2. The first-order chi connectivity index (χ1) is 10.1. The Kier molecular flexibility index (Phi) is 6.49. The second-order valence-corrected chi connectivity index (χ2v) is 6.51. The molecular formula is C16H28N2O3. The van der Waals surface area contributed by atoms with E-state index in [9.17, 15) is 9.59 Å². The number of nitrogens with one attached hydrogen (secondary N) is 1. The SMILES string of the molecule is O=C(O)CCC1CCN(C(=O)CCC2CCCNC2)CC1. The number of carbonyl (C=O) groups excluding carboxylic acids is 1. The summed E-state index contributed by atoms with van der Waals surface area (Å²) >= 11 is 0. The van der Waals surface area contributed by atoms with Gasteiger partial charge in [0.2, 0.25) is 5.91 Å². The number of aliphatic carboxylic acids is 1. The van der Waals surface area contributed by atoms with Gasteiger partial charge in [-0.15, -0.1) is 0 Å². The summed E-state index contributed by atoms with van der Waals surface area (Å²) in [7, 11) is 0. The molecule has 2 aliphatic heterocycles. The summed E-state index contributed by atoms with van der Waals surface area (Å²) in [5, 5.41) is 12.1. The third kappa shape index (κ3) is 5.65. The van der Waals surface area contributed by atoms with Gasteiger partial charge in [-0.25, -0.2) is 0 Å². The van der Waals surface area contributed by atoms with Crippen LogP contribution in [0.3, 0.4) is 0 Å². The highest BCUT2D eigenvalue weighted by molar-refractivity contribution is 5.76. The summed E-state index contributed by atoms with van der Waals surface area (Å²) in [6.45, 7) is 3.80. The average molecular weight is 296 g/mol. The maximum atomic E-state index is 12.2. The van der Waals surface area contributed by atoms with Crippen molar-refractivity contribution in [2.24, 2.45) is 11.8 Å². The Labute approximate surface area is 127 Å². The molecule has 0 aromatic rings. The number of amides is 1. The molecule has 1 atom stereocenters. The fourth-order valence-corrected chi connectivity index (χ4v) is 3.45. The van der Waals surface area contributed by atoms with E-state index in [1.54, 1.807) is 0 Å². The highest BCUT2D eigenvalue weighted by Gasteiger charge is 2.23. The number of piperidine rings is 2. The molecule has 1 unspecified atom stereocenters. The molecule has 2 fully saturated rings. The average Bonchev–Trinajstić information content (AvgIpc) is 2.52. The van der Waals surface area contributed by atoms with Gasteiger partial charge in [-0.1, -0.05) is 0 Å². The van der Waals surface area contributed by atoms with E-state index < -0.39 is 5.97 Å². The number of hydrogen-bond acceptors (Lipinski definition) is 3. The van der Waals surface area contributed by atoms with Gasteiger partial charge >= 0.3 is 5.97 Å². The van der Waals surface area contributed by atoms with Gasteiger partial charge in [0, 0.05) is 25.9 Å². The van der Waals surface area contributed by atoms with E-state index in [4.69, 9.17) is 5.11 Å². The maximum absolute atomic E-state index is 12.2. The van der Waals surface area contributed by atoms with Crippen LogP contribution >= 0.6 is 0 Å². The molecule has 2 aliphatic rings. The molecule has 5 nitrogen and oxygen atoms in total. The van der Waals surface area contributed by atoms with Crippen LogP contribution in [0.15, 0.2) is 0 Å². The molecule has 2 heterocycles. The van der Waals surface area contributed by atoms with Crippen LogP contribution < -0.4 is 5.32 Å². The van der Waals surface area contributed by atoms with Crippen LogP contribution in [0.25, 0.3) is 0 Å².